The molecule has 2 aliphatic rings. The molecule has 0 aromatic heterocycles. The molecule has 0 aromatic rings. The van der Waals surface area contributed by atoms with Crippen molar-refractivity contribution in [1.29, 1.82) is 0 Å². The van der Waals surface area contributed by atoms with Gasteiger partial charge in [-0.3, -0.25) is 0 Å². The van der Waals surface area contributed by atoms with E-state index in [1.54, 1.807) is 0 Å². The van der Waals surface area contributed by atoms with Crippen molar-refractivity contribution in [2.45, 2.75) is 26.2 Å². The molecule has 0 spiro atoms. The first-order chi connectivity index (χ1) is 8.24. The summed E-state index contributed by atoms with van der Waals surface area (Å²) in [6.07, 6.45) is 4.28. The Balaban J connectivity index is 1.66. The van der Waals surface area contributed by atoms with E-state index >= 15 is 0 Å². The maximum absolute atomic E-state index is 3.43. The molecule has 3 heteroatoms. The van der Waals surface area contributed by atoms with Crippen LogP contribution in [-0.4, -0.2) is 62.7 Å². The van der Waals surface area contributed by atoms with Crippen molar-refractivity contribution in [3.63, 3.8) is 0 Å². The summed E-state index contributed by atoms with van der Waals surface area (Å²) in [6, 6.07) is 0. The van der Waals surface area contributed by atoms with E-state index in [1.165, 1.54) is 65.1 Å². The Morgan fingerprint density at radius 1 is 1.24 bits per heavy atom. The minimum Gasteiger partial charge on any atom is -0.314 e. The van der Waals surface area contributed by atoms with Crippen molar-refractivity contribution in [2.75, 3.05) is 52.9 Å². The maximum Gasteiger partial charge on any atom is 0.0107 e. The van der Waals surface area contributed by atoms with E-state index in [-0.39, 0.29) is 0 Å². The minimum atomic E-state index is 0.865. The van der Waals surface area contributed by atoms with Crippen LogP contribution < -0.4 is 5.32 Å². The summed E-state index contributed by atoms with van der Waals surface area (Å²) in [6.45, 7) is 11.2. The van der Waals surface area contributed by atoms with E-state index in [2.05, 4.69) is 29.1 Å². The lowest BCUT2D eigenvalue weighted by Crippen LogP contribution is -2.45. The molecule has 100 valence electrons. The van der Waals surface area contributed by atoms with Gasteiger partial charge in [0.25, 0.3) is 0 Å². The average molecular weight is 239 g/mol. The molecule has 0 saturated carbocycles. The van der Waals surface area contributed by atoms with E-state index in [1.807, 2.05) is 0 Å². The first-order valence-electron chi connectivity index (χ1n) is 7.35. The number of hydrogen-bond acceptors (Lipinski definition) is 3. The van der Waals surface area contributed by atoms with E-state index in [0.717, 1.165) is 11.8 Å². The smallest absolute Gasteiger partial charge is 0.0107 e. The summed E-state index contributed by atoms with van der Waals surface area (Å²) < 4.78 is 0. The van der Waals surface area contributed by atoms with Gasteiger partial charge in [-0.25, -0.2) is 0 Å². The van der Waals surface area contributed by atoms with Gasteiger partial charge in [-0.05, 0) is 44.7 Å². The minimum absolute atomic E-state index is 0.865. The van der Waals surface area contributed by atoms with Gasteiger partial charge < -0.3 is 15.1 Å². The first kappa shape index (κ1) is 13.3. The number of nitrogens with zero attached hydrogens (tertiary/aromatic N) is 2. The predicted molar refractivity (Wildman–Crippen MR) is 73.3 cm³/mol. The zero-order valence-electron chi connectivity index (χ0n) is 11.6. The molecule has 0 bridgehead atoms. The van der Waals surface area contributed by atoms with E-state index in [9.17, 15) is 0 Å². The fraction of sp³-hybridized carbons (Fsp3) is 1.00. The second kappa shape index (κ2) is 6.72. The lowest BCUT2D eigenvalue weighted by atomic mass is 9.89. The fourth-order valence-electron chi connectivity index (χ4n) is 3.44. The van der Waals surface area contributed by atoms with Gasteiger partial charge in [0.1, 0.15) is 0 Å². The van der Waals surface area contributed by atoms with Crippen molar-refractivity contribution in [3.05, 3.63) is 0 Å². The van der Waals surface area contributed by atoms with Crippen molar-refractivity contribution < 1.29 is 0 Å². The molecular formula is C14H29N3. The lowest BCUT2D eigenvalue weighted by molar-refractivity contribution is 0.159. The van der Waals surface area contributed by atoms with E-state index in [0.29, 0.717) is 0 Å². The number of likely N-dealkylation sites (tertiary alicyclic amines) is 1. The SMILES string of the molecule is CC(CC1CCCN(C)C1)CN1CCNCC1. The largest absolute Gasteiger partial charge is 0.314 e. The molecule has 2 fully saturated rings. The monoisotopic (exact) mass is 239 g/mol. The molecule has 0 radical (unpaired) electrons. The van der Waals surface area contributed by atoms with Crippen LogP contribution in [0, 0.1) is 11.8 Å². The Labute approximate surface area is 107 Å². The topological polar surface area (TPSA) is 18.5 Å². The highest BCUT2D eigenvalue weighted by atomic mass is 15.2. The van der Waals surface area contributed by atoms with Gasteiger partial charge in [-0.2, -0.15) is 0 Å². The Morgan fingerprint density at radius 3 is 2.71 bits per heavy atom. The predicted octanol–water partition coefficient (Wildman–Crippen LogP) is 1.26. The van der Waals surface area contributed by atoms with Gasteiger partial charge >= 0.3 is 0 Å². The molecule has 17 heavy (non-hydrogen) atoms. The highest BCUT2D eigenvalue weighted by Gasteiger charge is 2.21. The summed E-state index contributed by atoms with van der Waals surface area (Å²) in [4.78, 5) is 5.14. The van der Waals surface area contributed by atoms with Crippen LogP contribution in [0.2, 0.25) is 0 Å². The van der Waals surface area contributed by atoms with Crippen LogP contribution in [0.1, 0.15) is 26.2 Å². The molecule has 2 heterocycles. The molecule has 0 aromatic carbocycles. The summed E-state index contributed by atoms with van der Waals surface area (Å²) in [5, 5.41) is 3.43. The van der Waals surface area contributed by atoms with Gasteiger partial charge in [0.05, 0.1) is 0 Å². The third-order valence-corrected chi connectivity index (χ3v) is 4.24. The Kier molecular flexibility index (Phi) is 5.26. The first-order valence-corrected chi connectivity index (χ1v) is 7.35. The fourth-order valence-corrected chi connectivity index (χ4v) is 3.44. The Bertz CT molecular complexity index is 214. The Morgan fingerprint density at radius 2 is 2.00 bits per heavy atom. The number of piperidine rings is 1. The molecule has 2 unspecified atom stereocenters. The Hall–Kier alpha value is -0.120. The third-order valence-electron chi connectivity index (χ3n) is 4.24. The molecule has 2 atom stereocenters. The van der Waals surface area contributed by atoms with Crippen LogP contribution in [-0.2, 0) is 0 Å². The highest BCUT2D eigenvalue weighted by molar-refractivity contribution is 4.75. The standard InChI is InChI=1S/C14H29N3/c1-13(11-17-8-5-15-6-9-17)10-14-4-3-7-16(2)12-14/h13-15H,3-12H2,1-2H3. The van der Waals surface area contributed by atoms with Crippen molar-refractivity contribution >= 4 is 0 Å². The van der Waals surface area contributed by atoms with Gasteiger partial charge in [0.15, 0.2) is 0 Å². The molecule has 3 nitrogen and oxygen atoms in total. The van der Waals surface area contributed by atoms with E-state index < -0.39 is 0 Å². The molecule has 0 amide bonds. The second-order valence-corrected chi connectivity index (χ2v) is 6.16. The normalized spacial score (nSPS) is 30.4. The van der Waals surface area contributed by atoms with Gasteiger partial charge in [-0.1, -0.05) is 6.92 Å². The zero-order chi connectivity index (χ0) is 12.1. The summed E-state index contributed by atoms with van der Waals surface area (Å²) in [5.41, 5.74) is 0. The molecule has 2 rings (SSSR count). The van der Waals surface area contributed by atoms with Crippen LogP contribution in [0.15, 0.2) is 0 Å². The highest BCUT2D eigenvalue weighted by Crippen LogP contribution is 2.23. The summed E-state index contributed by atoms with van der Waals surface area (Å²) in [5.74, 6) is 1.82. The second-order valence-electron chi connectivity index (χ2n) is 6.16. The summed E-state index contributed by atoms with van der Waals surface area (Å²) in [7, 11) is 2.27. The zero-order valence-corrected chi connectivity index (χ0v) is 11.6. The number of nitrogens with one attached hydrogen (secondary N) is 1. The molecular weight excluding hydrogens is 210 g/mol. The summed E-state index contributed by atoms with van der Waals surface area (Å²) >= 11 is 0. The van der Waals surface area contributed by atoms with Gasteiger partial charge in [0.2, 0.25) is 0 Å². The average Bonchev–Trinajstić information content (AvgIpc) is 2.30. The van der Waals surface area contributed by atoms with Crippen molar-refractivity contribution in [2.24, 2.45) is 11.8 Å². The molecule has 2 saturated heterocycles. The lowest BCUT2D eigenvalue weighted by Gasteiger charge is -2.34. The van der Waals surface area contributed by atoms with Crippen molar-refractivity contribution in [1.82, 2.24) is 15.1 Å². The van der Waals surface area contributed by atoms with E-state index in [4.69, 9.17) is 0 Å². The molecule has 2 aliphatic heterocycles. The molecule has 0 aliphatic carbocycles. The third kappa shape index (κ3) is 4.57. The van der Waals surface area contributed by atoms with Gasteiger partial charge in [0, 0.05) is 39.3 Å². The maximum atomic E-state index is 3.43. The van der Waals surface area contributed by atoms with Crippen LogP contribution in [0.3, 0.4) is 0 Å². The quantitative estimate of drug-likeness (QED) is 0.797. The van der Waals surface area contributed by atoms with Crippen LogP contribution >= 0.6 is 0 Å². The number of rotatable bonds is 4. The van der Waals surface area contributed by atoms with Crippen LogP contribution in [0.5, 0.6) is 0 Å². The number of piperazine rings is 1. The van der Waals surface area contributed by atoms with Crippen molar-refractivity contribution in [3.8, 4) is 0 Å². The molecule has 1 N–H and O–H groups in total. The van der Waals surface area contributed by atoms with Crippen LogP contribution in [0.25, 0.3) is 0 Å². The van der Waals surface area contributed by atoms with Crippen LogP contribution in [0.4, 0.5) is 0 Å². The van der Waals surface area contributed by atoms with Gasteiger partial charge in [-0.15, -0.1) is 0 Å². The number of hydrogen-bond donors (Lipinski definition) is 1.